The molecular weight excluding hydrogens is 150 g/mol. The summed E-state index contributed by atoms with van der Waals surface area (Å²) in [5.74, 6) is 0.458. The Kier molecular flexibility index (Phi) is 2.09. The number of aromatic nitrogens is 1. The van der Waals surface area contributed by atoms with Gasteiger partial charge in [0.15, 0.2) is 0 Å². The molecule has 0 bridgehead atoms. The first-order valence-corrected chi connectivity index (χ1v) is 4.47. The van der Waals surface area contributed by atoms with Crippen LogP contribution < -0.4 is 0 Å². The SMILES string of the molecule is OC(c1ccccn1)C1CCC1. The molecule has 1 aromatic rings. The van der Waals surface area contributed by atoms with E-state index in [1.54, 1.807) is 6.20 Å². The Morgan fingerprint density at radius 2 is 2.25 bits per heavy atom. The predicted molar refractivity (Wildman–Crippen MR) is 46.5 cm³/mol. The third-order valence-electron chi connectivity index (χ3n) is 2.59. The summed E-state index contributed by atoms with van der Waals surface area (Å²) < 4.78 is 0. The lowest BCUT2D eigenvalue weighted by molar-refractivity contribution is 0.0587. The molecule has 1 atom stereocenters. The van der Waals surface area contributed by atoms with E-state index in [-0.39, 0.29) is 6.10 Å². The minimum Gasteiger partial charge on any atom is -0.387 e. The van der Waals surface area contributed by atoms with E-state index in [1.165, 1.54) is 6.42 Å². The number of hydrogen-bond acceptors (Lipinski definition) is 2. The molecule has 0 aliphatic heterocycles. The van der Waals surface area contributed by atoms with Gasteiger partial charge in [0.05, 0.1) is 11.8 Å². The molecule has 1 heterocycles. The van der Waals surface area contributed by atoms with Gasteiger partial charge in [0.25, 0.3) is 0 Å². The first-order valence-electron chi connectivity index (χ1n) is 4.47. The van der Waals surface area contributed by atoms with Crippen molar-refractivity contribution in [3.8, 4) is 0 Å². The van der Waals surface area contributed by atoms with E-state index in [0.717, 1.165) is 18.5 Å². The molecule has 0 radical (unpaired) electrons. The zero-order chi connectivity index (χ0) is 8.39. The molecule has 0 aromatic carbocycles. The molecule has 1 unspecified atom stereocenters. The number of hydrogen-bond donors (Lipinski definition) is 1. The molecule has 0 saturated heterocycles. The number of nitrogens with zero attached hydrogens (tertiary/aromatic N) is 1. The lowest BCUT2D eigenvalue weighted by Gasteiger charge is -2.29. The van der Waals surface area contributed by atoms with Crippen molar-refractivity contribution in [3.63, 3.8) is 0 Å². The monoisotopic (exact) mass is 163 g/mol. The van der Waals surface area contributed by atoms with E-state index in [0.29, 0.717) is 5.92 Å². The van der Waals surface area contributed by atoms with Crippen LogP contribution in [0.15, 0.2) is 24.4 Å². The van der Waals surface area contributed by atoms with Crippen molar-refractivity contribution in [2.75, 3.05) is 0 Å². The van der Waals surface area contributed by atoms with Gasteiger partial charge < -0.3 is 5.11 Å². The van der Waals surface area contributed by atoms with E-state index in [4.69, 9.17) is 0 Å². The quantitative estimate of drug-likeness (QED) is 0.722. The van der Waals surface area contributed by atoms with Crippen LogP contribution in [0, 0.1) is 5.92 Å². The number of rotatable bonds is 2. The van der Waals surface area contributed by atoms with Crippen LogP contribution in [-0.4, -0.2) is 10.1 Å². The molecule has 2 rings (SSSR count). The highest BCUT2D eigenvalue weighted by molar-refractivity contribution is 5.08. The van der Waals surface area contributed by atoms with Gasteiger partial charge in [-0.3, -0.25) is 4.98 Å². The van der Waals surface area contributed by atoms with Gasteiger partial charge in [-0.25, -0.2) is 0 Å². The summed E-state index contributed by atoms with van der Waals surface area (Å²) in [5, 5.41) is 9.78. The minimum atomic E-state index is -0.333. The molecular formula is C10H13NO. The third kappa shape index (κ3) is 1.34. The van der Waals surface area contributed by atoms with Crippen LogP contribution in [0.4, 0.5) is 0 Å². The summed E-state index contributed by atoms with van der Waals surface area (Å²) in [6, 6.07) is 5.68. The summed E-state index contributed by atoms with van der Waals surface area (Å²) >= 11 is 0. The lowest BCUT2D eigenvalue weighted by Crippen LogP contribution is -2.20. The molecule has 1 aromatic heterocycles. The van der Waals surface area contributed by atoms with Crippen molar-refractivity contribution >= 4 is 0 Å². The van der Waals surface area contributed by atoms with Crippen LogP contribution in [0.25, 0.3) is 0 Å². The normalized spacial score (nSPS) is 20.1. The van der Waals surface area contributed by atoms with Crippen molar-refractivity contribution in [2.24, 2.45) is 5.92 Å². The average Bonchev–Trinajstić information content (AvgIpc) is 2.03. The number of aliphatic hydroxyl groups is 1. The molecule has 1 aliphatic carbocycles. The highest BCUT2D eigenvalue weighted by Gasteiger charge is 2.27. The van der Waals surface area contributed by atoms with Crippen molar-refractivity contribution in [3.05, 3.63) is 30.1 Å². The zero-order valence-corrected chi connectivity index (χ0v) is 6.98. The summed E-state index contributed by atoms with van der Waals surface area (Å²) in [6.45, 7) is 0. The first kappa shape index (κ1) is 7.74. The van der Waals surface area contributed by atoms with Crippen LogP contribution in [0.1, 0.15) is 31.1 Å². The maximum atomic E-state index is 9.78. The molecule has 0 spiro atoms. The van der Waals surface area contributed by atoms with E-state index in [1.807, 2.05) is 18.2 Å². The second-order valence-electron chi connectivity index (χ2n) is 3.39. The van der Waals surface area contributed by atoms with E-state index < -0.39 is 0 Å². The van der Waals surface area contributed by atoms with Gasteiger partial charge in [-0.2, -0.15) is 0 Å². The topological polar surface area (TPSA) is 33.1 Å². The van der Waals surface area contributed by atoms with E-state index in [2.05, 4.69) is 4.98 Å². The predicted octanol–water partition coefficient (Wildman–Crippen LogP) is 1.92. The Bertz CT molecular complexity index is 243. The minimum absolute atomic E-state index is 0.333. The zero-order valence-electron chi connectivity index (χ0n) is 6.98. The van der Waals surface area contributed by atoms with Crippen LogP contribution in [0.3, 0.4) is 0 Å². The van der Waals surface area contributed by atoms with E-state index in [9.17, 15) is 5.11 Å². The summed E-state index contributed by atoms with van der Waals surface area (Å²) in [6.07, 6.45) is 4.96. The van der Waals surface area contributed by atoms with Crippen molar-refractivity contribution in [2.45, 2.75) is 25.4 Å². The molecule has 1 N–H and O–H groups in total. The molecule has 2 heteroatoms. The first-order chi connectivity index (χ1) is 5.88. The van der Waals surface area contributed by atoms with Crippen molar-refractivity contribution in [1.82, 2.24) is 4.98 Å². The van der Waals surface area contributed by atoms with E-state index >= 15 is 0 Å². The van der Waals surface area contributed by atoms with Crippen molar-refractivity contribution < 1.29 is 5.11 Å². The average molecular weight is 163 g/mol. The van der Waals surface area contributed by atoms with Crippen LogP contribution >= 0.6 is 0 Å². The molecule has 1 fully saturated rings. The van der Waals surface area contributed by atoms with Crippen LogP contribution in [0.5, 0.6) is 0 Å². The van der Waals surface area contributed by atoms with Gasteiger partial charge in [-0.1, -0.05) is 12.5 Å². The fraction of sp³-hybridized carbons (Fsp3) is 0.500. The van der Waals surface area contributed by atoms with Gasteiger partial charge in [0, 0.05) is 6.20 Å². The summed E-state index contributed by atoms with van der Waals surface area (Å²) in [5.41, 5.74) is 0.821. The maximum absolute atomic E-state index is 9.78. The second-order valence-corrected chi connectivity index (χ2v) is 3.39. The molecule has 64 valence electrons. The standard InChI is InChI=1S/C10H13NO/c12-10(8-4-3-5-8)9-6-1-2-7-11-9/h1-2,6-8,10,12H,3-5H2. The fourth-order valence-corrected chi connectivity index (χ4v) is 1.55. The summed E-state index contributed by atoms with van der Waals surface area (Å²) in [7, 11) is 0. The Balaban J connectivity index is 2.08. The highest BCUT2D eigenvalue weighted by Crippen LogP contribution is 2.36. The molecule has 2 nitrogen and oxygen atoms in total. The fourth-order valence-electron chi connectivity index (χ4n) is 1.55. The summed E-state index contributed by atoms with van der Waals surface area (Å²) in [4.78, 5) is 4.13. The third-order valence-corrected chi connectivity index (χ3v) is 2.59. The van der Waals surface area contributed by atoms with Gasteiger partial charge in [-0.05, 0) is 30.9 Å². The Morgan fingerprint density at radius 3 is 2.75 bits per heavy atom. The lowest BCUT2D eigenvalue weighted by atomic mass is 9.80. The maximum Gasteiger partial charge on any atom is 0.0987 e. The Labute approximate surface area is 72.3 Å². The molecule has 0 amide bonds. The molecule has 1 saturated carbocycles. The van der Waals surface area contributed by atoms with Gasteiger partial charge in [0.2, 0.25) is 0 Å². The second kappa shape index (κ2) is 3.23. The molecule has 12 heavy (non-hydrogen) atoms. The van der Waals surface area contributed by atoms with Gasteiger partial charge in [0.1, 0.15) is 0 Å². The Hall–Kier alpha value is -0.890. The van der Waals surface area contributed by atoms with Crippen LogP contribution in [0.2, 0.25) is 0 Å². The largest absolute Gasteiger partial charge is 0.387 e. The highest BCUT2D eigenvalue weighted by atomic mass is 16.3. The smallest absolute Gasteiger partial charge is 0.0987 e. The van der Waals surface area contributed by atoms with Crippen LogP contribution in [-0.2, 0) is 0 Å². The number of aliphatic hydroxyl groups excluding tert-OH is 1. The van der Waals surface area contributed by atoms with Gasteiger partial charge >= 0.3 is 0 Å². The van der Waals surface area contributed by atoms with Gasteiger partial charge in [-0.15, -0.1) is 0 Å². The van der Waals surface area contributed by atoms with Crippen molar-refractivity contribution in [1.29, 1.82) is 0 Å². The molecule has 1 aliphatic rings. The number of pyridine rings is 1. The Morgan fingerprint density at radius 1 is 1.42 bits per heavy atom.